The number of Topliss-reactive ketones (excluding diaryl/α,β-unsaturated/α-hetero) is 1. The number of furan rings is 1. The van der Waals surface area contributed by atoms with Crippen LogP contribution in [0.4, 0.5) is 5.69 Å². The third kappa shape index (κ3) is 3.56. The molecule has 4 rings (SSSR count). The highest BCUT2D eigenvalue weighted by Gasteiger charge is 2.13. The number of hydrogen-bond donors (Lipinski definition) is 1. The fourth-order valence-electron chi connectivity index (χ4n) is 2.68. The molecule has 2 aromatic carbocycles. The molecule has 2 heterocycles. The first kappa shape index (κ1) is 17.3. The second-order valence-corrected chi connectivity index (χ2v) is 6.06. The van der Waals surface area contributed by atoms with Crippen molar-refractivity contribution in [3.63, 3.8) is 0 Å². The van der Waals surface area contributed by atoms with Gasteiger partial charge in [-0.05, 0) is 47.7 Å². The summed E-state index contributed by atoms with van der Waals surface area (Å²) in [5, 5.41) is 13.8. The standard InChI is InChI=1S/C20H15N5O3/c1-13(26)14-5-7-15(8-6-14)18-9-10-19(28-18)20(27)22-16-3-2-4-17(11-16)25-12-21-23-24-25/h2-12H,1H3,(H,22,27). The van der Waals surface area contributed by atoms with Crippen LogP contribution in [0.3, 0.4) is 0 Å². The topological polar surface area (TPSA) is 103 Å². The zero-order valence-electron chi connectivity index (χ0n) is 14.9. The summed E-state index contributed by atoms with van der Waals surface area (Å²) in [6, 6.07) is 17.5. The number of hydrogen-bond acceptors (Lipinski definition) is 6. The molecule has 0 aliphatic carbocycles. The Hall–Kier alpha value is -4.07. The molecule has 2 aromatic heterocycles. The highest BCUT2D eigenvalue weighted by Crippen LogP contribution is 2.23. The van der Waals surface area contributed by atoms with Gasteiger partial charge in [0.05, 0.1) is 5.69 Å². The molecule has 0 saturated heterocycles. The van der Waals surface area contributed by atoms with Crippen LogP contribution in [-0.4, -0.2) is 31.9 Å². The molecule has 1 amide bonds. The van der Waals surface area contributed by atoms with Crippen molar-refractivity contribution in [3.8, 4) is 17.0 Å². The summed E-state index contributed by atoms with van der Waals surface area (Å²) in [6.07, 6.45) is 1.47. The summed E-state index contributed by atoms with van der Waals surface area (Å²) >= 11 is 0. The Morgan fingerprint density at radius 1 is 1.04 bits per heavy atom. The molecule has 4 aromatic rings. The van der Waals surface area contributed by atoms with Crippen LogP contribution >= 0.6 is 0 Å². The lowest BCUT2D eigenvalue weighted by molar-refractivity contribution is 0.0994. The summed E-state index contributed by atoms with van der Waals surface area (Å²) in [4.78, 5) is 23.9. The monoisotopic (exact) mass is 373 g/mol. The first-order chi connectivity index (χ1) is 13.6. The van der Waals surface area contributed by atoms with Gasteiger partial charge >= 0.3 is 0 Å². The molecular weight excluding hydrogens is 358 g/mol. The number of aromatic nitrogens is 4. The van der Waals surface area contributed by atoms with Crippen molar-refractivity contribution in [3.05, 3.63) is 78.3 Å². The minimum absolute atomic E-state index is 0.00466. The molecule has 1 N–H and O–H groups in total. The Balaban J connectivity index is 1.50. The molecule has 138 valence electrons. The molecule has 0 fully saturated rings. The van der Waals surface area contributed by atoms with Gasteiger partial charge in [-0.15, -0.1) is 5.10 Å². The predicted molar refractivity (Wildman–Crippen MR) is 101 cm³/mol. The van der Waals surface area contributed by atoms with Crippen LogP contribution in [0, 0.1) is 0 Å². The van der Waals surface area contributed by atoms with Gasteiger partial charge in [-0.3, -0.25) is 9.59 Å². The van der Waals surface area contributed by atoms with E-state index in [-0.39, 0.29) is 17.5 Å². The van der Waals surface area contributed by atoms with Gasteiger partial charge in [0.15, 0.2) is 11.5 Å². The molecule has 0 aliphatic rings. The largest absolute Gasteiger partial charge is 0.451 e. The van der Waals surface area contributed by atoms with E-state index in [2.05, 4.69) is 20.8 Å². The van der Waals surface area contributed by atoms with Gasteiger partial charge < -0.3 is 9.73 Å². The van der Waals surface area contributed by atoms with Gasteiger partial charge in [-0.2, -0.15) is 0 Å². The second kappa shape index (κ2) is 7.28. The van der Waals surface area contributed by atoms with E-state index in [0.717, 1.165) is 5.56 Å². The van der Waals surface area contributed by atoms with E-state index in [1.54, 1.807) is 54.6 Å². The first-order valence-electron chi connectivity index (χ1n) is 8.46. The van der Waals surface area contributed by atoms with E-state index in [4.69, 9.17) is 4.42 Å². The molecule has 0 atom stereocenters. The van der Waals surface area contributed by atoms with Crippen LogP contribution < -0.4 is 5.32 Å². The summed E-state index contributed by atoms with van der Waals surface area (Å²) in [5.74, 6) is 0.344. The molecule has 0 spiro atoms. The number of nitrogens with one attached hydrogen (secondary N) is 1. The van der Waals surface area contributed by atoms with Crippen LogP contribution in [0.15, 0.2) is 71.4 Å². The Kier molecular flexibility index (Phi) is 4.51. The van der Waals surface area contributed by atoms with Gasteiger partial charge in [0.1, 0.15) is 12.1 Å². The van der Waals surface area contributed by atoms with Crippen LogP contribution in [0.25, 0.3) is 17.0 Å². The smallest absolute Gasteiger partial charge is 0.291 e. The summed E-state index contributed by atoms with van der Waals surface area (Å²) in [6.45, 7) is 1.51. The zero-order valence-corrected chi connectivity index (χ0v) is 14.9. The van der Waals surface area contributed by atoms with Crippen molar-refractivity contribution in [2.45, 2.75) is 6.92 Å². The Bertz CT molecular complexity index is 1130. The molecule has 8 heteroatoms. The van der Waals surface area contributed by atoms with Gasteiger partial charge in [-0.25, -0.2) is 4.68 Å². The maximum Gasteiger partial charge on any atom is 0.291 e. The average Bonchev–Trinajstić information content (AvgIpc) is 3.40. The van der Waals surface area contributed by atoms with E-state index >= 15 is 0 Å². The fourth-order valence-corrected chi connectivity index (χ4v) is 2.68. The van der Waals surface area contributed by atoms with E-state index in [1.807, 2.05) is 6.07 Å². The minimum atomic E-state index is -0.375. The predicted octanol–water partition coefficient (Wildman–Crippen LogP) is 3.38. The van der Waals surface area contributed by atoms with Crippen molar-refractivity contribution in [1.29, 1.82) is 0 Å². The van der Waals surface area contributed by atoms with Crippen LogP contribution in [0.1, 0.15) is 27.8 Å². The third-order valence-electron chi connectivity index (χ3n) is 4.12. The van der Waals surface area contributed by atoms with Crippen LogP contribution in [-0.2, 0) is 0 Å². The SMILES string of the molecule is CC(=O)c1ccc(-c2ccc(C(=O)Nc3cccc(-n4cnnn4)c3)o2)cc1. The number of amides is 1. The molecule has 0 saturated carbocycles. The Morgan fingerprint density at radius 2 is 1.86 bits per heavy atom. The van der Waals surface area contributed by atoms with Crippen molar-refractivity contribution in [2.24, 2.45) is 0 Å². The Morgan fingerprint density at radius 3 is 2.57 bits per heavy atom. The van der Waals surface area contributed by atoms with Crippen molar-refractivity contribution in [2.75, 3.05) is 5.32 Å². The number of benzene rings is 2. The molecule has 0 bridgehead atoms. The lowest BCUT2D eigenvalue weighted by Crippen LogP contribution is -2.11. The number of carbonyl (C=O) groups is 2. The van der Waals surface area contributed by atoms with Gasteiger partial charge in [-0.1, -0.05) is 30.3 Å². The number of ketones is 1. The number of nitrogens with zero attached hydrogens (tertiary/aromatic N) is 4. The maximum absolute atomic E-state index is 12.5. The van der Waals surface area contributed by atoms with E-state index in [0.29, 0.717) is 22.7 Å². The summed E-state index contributed by atoms with van der Waals surface area (Å²) < 4.78 is 7.16. The molecule has 0 aliphatic heterocycles. The summed E-state index contributed by atoms with van der Waals surface area (Å²) in [5.41, 5.74) is 2.70. The number of anilines is 1. The molecule has 28 heavy (non-hydrogen) atoms. The second-order valence-electron chi connectivity index (χ2n) is 6.06. The van der Waals surface area contributed by atoms with E-state index < -0.39 is 0 Å². The third-order valence-corrected chi connectivity index (χ3v) is 4.12. The highest BCUT2D eigenvalue weighted by molar-refractivity contribution is 6.02. The van der Waals surface area contributed by atoms with E-state index in [1.165, 1.54) is 17.9 Å². The average molecular weight is 373 g/mol. The first-order valence-corrected chi connectivity index (χ1v) is 8.46. The highest BCUT2D eigenvalue weighted by atomic mass is 16.3. The van der Waals surface area contributed by atoms with Gasteiger partial charge in [0.2, 0.25) is 0 Å². The molecule has 0 unspecified atom stereocenters. The number of tetrazole rings is 1. The van der Waals surface area contributed by atoms with Gasteiger partial charge in [0, 0.05) is 16.8 Å². The number of rotatable bonds is 5. The molecule has 8 nitrogen and oxygen atoms in total. The van der Waals surface area contributed by atoms with Crippen molar-refractivity contribution in [1.82, 2.24) is 20.2 Å². The number of carbonyl (C=O) groups excluding carboxylic acids is 2. The Labute approximate surface area is 159 Å². The summed E-state index contributed by atoms with van der Waals surface area (Å²) in [7, 11) is 0. The minimum Gasteiger partial charge on any atom is -0.451 e. The molecular formula is C20H15N5O3. The lowest BCUT2D eigenvalue weighted by Gasteiger charge is -2.05. The quantitative estimate of drug-likeness (QED) is 0.538. The maximum atomic E-state index is 12.5. The lowest BCUT2D eigenvalue weighted by atomic mass is 10.1. The van der Waals surface area contributed by atoms with Crippen LogP contribution in [0.5, 0.6) is 0 Å². The van der Waals surface area contributed by atoms with Crippen molar-refractivity contribution >= 4 is 17.4 Å². The fraction of sp³-hybridized carbons (Fsp3) is 0.0500. The van der Waals surface area contributed by atoms with Crippen molar-refractivity contribution < 1.29 is 14.0 Å². The van der Waals surface area contributed by atoms with Gasteiger partial charge in [0.25, 0.3) is 5.91 Å². The van der Waals surface area contributed by atoms with E-state index in [9.17, 15) is 9.59 Å². The normalized spacial score (nSPS) is 10.6. The molecule has 0 radical (unpaired) electrons. The zero-order chi connectivity index (χ0) is 19.5. The van der Waals surface area contributed by atoms with Crippen LogP contribution in [0.2, 0.25) is 0 Å².